The number of aliphatic hydroxyl groups excluding tert-OH is 2. The minimum atomic E-state index is -0.502. The normalized spacial score (nSPS) is 14.3. The SMILES string of the molecule is O=C(NCCO)c1cc(C(=O)NCCO)cc(C(=O)NCCN2CCOCC2)c1. The molecule has 1 heterocycles. The Kier molecular flexibility index (Phi) is 9.51. The van der Waals surface area contributed by atoms with Gasteiger partial charge in [-0.25, -0.2) is 0 Å². The van der Waals surface area contributed by atoms with E-state index in [2.05, 4.69) is 20.9 Å². The Morgan fingerprint density at radius 1 is 0.793 bits per heavy atom. The Hall–Kier alpha value is -2.53. The Morgan fingerprint density at radius 2 is 1.21 bits per heavy atom. The maximum absolute atomic E-state index is 12.6. The van der Waals surface area contributed by atoms with Crippen LogP contribution in [-0.4, -0.2) is 98.5 Å². The molecular formula is C19H28N4O6. The maximum Gasteiger partial charge on any atom is 0.251 e. The van der Waals surface area contributed by atoms with E-state index in [1.807, 2.05) is 0 Å². The highest BCUT2D eigenvalue weighted by Gasteiger charge is 2.17. The van der Waals surface area contributed by atoms with Gasteiger partial charge in [-0.3, -0.25) is 19.3 Å². The van der Waals surface area contributed by atoms with Gasteiger partial charge in [-0.15, -0.1) is 0 Å². The van der Waals surface area contributed by atoms with Crippen LogP contribution in [0.4, 0.5) is 0 Å². The summed E-state index contributed by atoms with van der Waals surface area (Å²) >= 11 is 0. The van der Waals surface area contributed by atoms with Crippen LogP contribution in [0.2, 0.25) is 0 Å². The van der Waals surface area contributed by atoms with Crippen molar-refractivity contribution in [2.75, 3.05) is 65.7 Å². The number of morpholine rings is 1. The molecule has 0 saturated carbocycles. The number of rotatable bonds is 10. The summed E-state index contributed by atoms with van der Waals surface area (Å²) in [6, 6.07) is 4.17. The zero-order valence-electron chi connectivity index (χ0n) is 16.3. The van der Waals surface area contributed by atoms with Gasteiger partial charge in [0.1, 0.15) is 0 Å². The van der Waals surface area contributed by atoms with Crippen molar-refractivity contribution in [3.05, 3.63) is 34.9 Å². The van der Waals surface area contributed by atoms with Gasteiger partial charge in [-0.05, 0) is 18.2 Å². The van der Waals surface area contributed by atoms with Crippen LogP contribution in [0.1, 0.15) is 31.1 Å². The number of aliphatic hydroxyl groups is 2. The predicted molar refractivity (Wildman–Crippen MR) is 105 cm³/mol. The van der Waals surface area contributed by atoms with Crippen LogP contribution in [-0.2, 0) is 4.74 Å². The number of benzene rings is 1. The first kappa shape index (κ1) is 22.8. The zero-order valence-corrected chi connectivity index (χ0v) is 16.3. The van der Waals surface area contributed by atoms with Crippen molar-refractivity contribution < 1.29 is 29.3 Å². The van der Waals surface area contributed by atoms with Crippen LogP contribution in [0, 0.1) is 0 Å². The van der Waals surface area contributed by atoms with Crippen LogP contribution in [0.5, 0.6) is 0 Å². The van der Waals surface area contributed by atoms with Crippen molar-refractivity contribution in [2.45, 2.75) is 0 Å². The quantitative estimate of drug-likeness (QED) is 0.307. The average Bonchev–Trinajstić information content (AvgIpc) is 2.76. The molecule has 0 unspecified atom stereocenters. The summed E-state index contributed by atoms with van der Waals surface area (Å²) in [6.45, 7) is 3.73. The second-order valence-corrected chi connectivity index (χ2v) is 6.47. The monoisotopic (exact) mass is 408 g/mol. The molecule has 0 bridgehead atoms. The number of hydrogen-bond acceptors (Lipinski definition) is 7. The third kappa shape index (κ3) is 7.42. The van der Waals surface area contributed by atoms with E-state index in [1.165, 1.54) is 18.2 Å². The Balaban J connectivity index is 2.09. The minimum absolute atomic E-state index is 0.0564. The van der Waals surface area contributed by atoms with E-state index in [9.17, 15) is 14.4 Å². The summed E-state index contributed by atoms with van der Waals surface area (Å²) in [5, 5.41) is 25.5. The number of nitrogens with zero attached hydrogens (tertiary/aromatic N) is 1. The second kappa shape index (κ2) is 12.1. The third-order valence-electron chi connectivity index (χ3n) is 4.33. The van der Waals surface area contributed by atoms with Crippen molar-refractivity contribution in [3.8, 4) is 0 Å². The molecule has 0 radical (unpaired) electrons. The lowest BCUT2D eigenvalue weighted by Gasteiger charge is -2.26. The number of hydrogen-bond donors (Lipinski definition) is 5. The standard InChI is InChI=1S/C19H28N4O6/c24-7-2-21-18(27)15-11-14(12-16(13-15)19(28)22-3-8-25)17(26)20-1-4-23-5-9-29-10-6-23/h11-13,24-25H,1-10H2,(H,20,26)(H,21,27)(H,22,28). The molecule has 0 aromatic heterocycles. The number of carbonyl (C=O) groups excluding carboxylic acids is 3. The van der Waals surface area contributed by atoms with E-state index in [0.717, 1.165) is 13.1 Å². The molecule has 1 aromatic carbocycles. The second-order valence-electron chi connectivity index (χ2n) is 6.47. The van der Waals surface area contributed by atoms with Gasteiger partial charge in [-0.2, -0.15) is 0 Å². The number of carbonyl (C=O) groups is 3. The fourth-order valence-electron chi connectivity index (χ4n) is 2.82. The van der Waals surface area contributed by atoms with E-state index >= 15 is 0 Å². The van der Waals surface area contributed by atoms with Gasteiger partial charge in [0.15, 0.2) is 0 Å². The lowest BCUT2D eigenvalue weighted by molar-refractivity contribution is 0.0383. The Bertz CT molecular complexity index is 668. The topological polar surface area (TPSA) is 140 Å². The van der Waals surface area contributed by atoms with Gasteiger partial charge in [0, 0.05) is 56.0 Å². The summed E-state index contributed by atoms with van der Waals surface area (Å²) in [5.74, 6) is -1.40. The average molecular weight is 408 g/mol. The molecule has 1 fully saturated rings. The van der Waals surface area contributed by atoms with E-state index < -0.39 is 17.7 Å². The molecule has 10 heteroatoms. The molecule has 2 rings (SSSR count). The van der Waals surface area contributed by atoms with Crippen molar-refractivity contribution >= 4 is 17.7 Å². The van der Waals surface area contributed by atoms with Gasteiger partial charge in [0.2, 0.25) is 0 Å². The fourth-order valence-corrected chi connectivity index (χ4v) is 2.82. The van der Waals surface area contributed by atoms with E-state index in [-0.39, 0.29) is 43.0 Å². The minimum Gasteiger partial charge on any atom is -0.395 e. The van der Waals surface area contributed by atoms with Crippen molar-refractivity contribution in [1.82, 2.24) is 20.9 Å². The van der Waals surface area contributed by atoms with E-state index in [0.29, 0.717) is 26.3 Å². The van der Waals surface area contributed by atoms with E-state index in [1.54, 1.807) is 0 Å². The van der Waals surface area contributed by atoms with Gasteiger partial charge in [-0.1, -0.05) is 0 Å². The molecule has 1 aromatic rings. The number of amides is 3. The molecule has 29 heavy (non-hydrogen) atoms. The summed E-state index contributed by atoms with van der Waals surface area (Å²) in [6.07, 6.45) is 0. The van der Waals surface area contributed by atoms with Gasteiger partial charge in [0.05, 0.1) is 26.4 Å². The highest BCUT2D eigenvalue weighted by atomic mass is 16.5. The van der Waals surface area contributed by atoms with Crippen LogP contribution in [0.25, 0.3) is 0 Å². The largest absolute Gasteiger partial charge is 0.395 e. The van der Waals surface area contributed by atoms with Crippen LogP contribution >= 0.6 is 0 Å². The third-order valence-corrected chi connectivity index (χ3v) is 4.33. The van der Waals surface area contributed by atoms with Crippen molar-refractivity contribution in [3.63, 3.8) is 0 Å². The van der Waals surface area contributed by atoms with Gasteiger partial charge < -0.3 is 30.9 Å². The molecule has 160 valence electrons. The molecule has 0 spiro atoms. The zero-order chi connectivity index (χ0) is 21.1. The first-order chi connectivity index (χ1) is 14.0. The molecule has 5 N–H and O–H groups in total. The fraction of sp³-hybridized carbons (Fsp3) is 0.526. The van der Waals surface area contributed by atoms with Crippen molar-refractivity contribution in [1.29, 1.82) is 0 Å². The lowest BCUT2D eigenvalue weighted by Crippen LogP contribution is -2.41. The first-order valence-electron chi connectivity index (χ1n) is 9.56. The Labute approximate surface area is 169 Å². The highest BCUT2D eigenvalue weighted by molar-refractivity contribution is 6.04. The van der Waals surface area contributed by atoms with Gasteiger partial charge >= 0.3 is 0 Å². The summed E-state index contributed by atoms with van der Waals surface area (Å²) < 4.78 is 5.29. The highest BCUT2D eigenvalue weighted by Crippen LogP contribution is 2.11. The molecule has 1 aliphatic heterocycles. The molecule has 1 saturated heterocycles. The molecule has 0 atom stereocenters. The smallest absolute Gasteiger partial charge is 0.251 e. The first-order valence-corrected chi connectivity index (χ1v) is 9.56. The molecule has 3 amide bonds. The molecule has 1 aliphatic rings. The van der Waals surface area contributed by atoms with E-state index in [4.69, 9.17) is 14.9 Å². The summed E-state index contributed by atoms with van der Waals surface area (Å²) in [7, 11) is 0. The Morgan fingerprint density at radius 3 is 1.62 bits per heavy atom. The lowest BCUT2D eigenvalue weighted by atomic mass is 10.0. The van der Waals surface area contributed by atoms with Crippen LogP contribution in [0.15, 0.2) is 18.2 Å². The van der Waals surface area contributed by atoms with Crippen LogP contribution in [0.3, 0.4) is 0 Å². The van der Waals surface area contributed by atoms with Crippen molar-refractivity contribution in [2.24, 2.45) is 0 Å². The van der Waals surface area contributed by atoms with Crippen LogP contribution < -0.4 is 16.0 Å². The molecular weight excluding hydrogens is 380 g/mol. The molecule has 0 aliphatic carbocycles. The number of ether oxygens (including phenoxy) is 1. The predicted octanol–water partition coefficient (Wildman–Crippen LogP) is -1.81. The maximum atomic E-state index is 12.6. The summed E-state index contributed by atoms with van der Waals surface area (Å²) in [4.78, 5) is 39.2. The summed E-state index contributed by atoms with van der Waals surface area (Å²) in [5.41, 5.74) is 0.444. The number of nitrogens with one attached hydrogen (secondary N) is 3. The molecule has 10 nitrogen and oxygen atoms in total. The van der Waals surface area contributed by atoms with Gasteiger partial charge in [0.25, 0.3) is 17.7 Å².